The van der Waals surface area contributed by atoms with Crippen molar-refractivity contribution in [3.8, 4) is 0 Å². The van der Waals surface area contributed by atoms with Crippen molar-refractivity contribution in [2.45, 2.75) is 37.1 Å². The third-order valence-electron chi connectivity index (χ3n) is 7.21. The van der Waals surface area contributed by atoms with E-state index in [9.17, 15) is 15.3 Å². The third kappa shape index (κ3) is 4.02. The molecule has 2 fully saturated rings. The van der Waals surface area contributed by atoms with E-state index in [0.717, 1.165) is 40.7 Å². The van der Waals surface area contributed by atoms with E-state index in [1.165, 1.54) is 6.33 Å². The molecule has 35 heavy (non-hydrogen) atoms. The second kappa shape index (κ2) is 8.98. The van der Waals surface area contributed by atoms with Gasteiger partial charge in [0.15, 0.2) is 11.5 Å². The molecule has 4 heterocycles. The Hall–Kier alpha value is -2.86. The number of aromatic nitrogens is 5. The van der Waals surface area contributed by atoms with E-state index in [-0.39, 0.29) is 18.6 Å². The topological polar surface area (TPSA) is 132 Å². The van der Waals surface area contributed by atoms with Crippen molar-refractivity contribution in [1.29, 1.82) is 0 Å². The fourth-order valence-corrected chi connectivity index (χ4v) is 5.68. The molecule has 0 amide bonds. The molecule has 6 rings (SSSR count). The largest absolute Gasteiger partial charge is 0.396 e. The Bertz CT molecular complexity index is 1380. The summed E-state index contributed by atoms with van der Waals surface area (Å²) in [6, 6.07) is 10.0. The smallest absolute Gasteiger partial charge is 0.165 e. The van der Waals surface area contributed by atoms with Gasteiger partial charge in [0, 0.05) is 41.5 Å². The minimum atomic E-state index is -0.991. The Kier molecular flexibility index (Phi) is 5.79. The molecule has 5 atom stereocenters. The van der Waals surface area contributed by atoms with Gasteiger partial charge in [0.1, 0.15) is 23.8 Å². The molecule has 0 spiro atoms. The van der Waals surface area contributed by atoms with Gasteiger partial charge in [-0.1, -0.05) is 15.9 Å². The van der Waals surface area contributed by atoms with Gasteiger partial charge in [-0.05, 0) is 43.2 Å². The van der Waals surface area contributed by atoms with Crippen LogP contribution in [0.1, 0.15) is 18.9 Å². The zero-order valence-corrected chi connectivity index (χ0v) is 20.5. The van der Waals surface area contributed by atoms with Gasteiger partial charge in [-0.25, -0.2) is 19.9 Å². The molecule has 1 aliphatic heterocycles. The number of nitrogens with one attached hydrogen (secondary N) is 1. The van der Waals surface area contributed by atoms with E-state index in [1.54, 1.807) is 10.9 Å². The van der Waals surface area contributed by atoms with E-state index in [4.69, 9.17) is 4.98 Å². The van der Waals surface area contributed by atoms with Crippen molar-refractivity contribution in [3.05, 3.63) is 47.5 Å². The number of aliphatic hydroxyl groups is 3. The summed E-state index contributed by atoms with van der Waals surface area (Å²) in [6.45, 7) is 1.49. The monoisotopic (exact) mass is 539 g/mol. The van der Waals surface area contributed by atoms with Gasteiger partial charge in [0.2, 0.25) is 0 Å². The van der Waals surface area contributed by atoms with Gasteiger partial charge in [-0.2, -0.15) is 0 Å². The Morgan fingerprint density at radius 3 is 2.80 bits per heavy atom. The van der Waals surface area contributed by atoms with Crippen molar-refractivity contribution in [2.24, 2.45) is 5.92 Å². The number of imidazole rings is 1. The van der Waals surface area contributed by atoms with Crippen LogP contribution in [0.2, 0.25) is 0 Å². The first-order chi connectivity index (χ1) is 17.0. The average molecular weight is 540 g/mol. The third-order valence-corrected chi connectivity index (χ3v) is 7.70. The fourth-order valence-electron chi connectivity index (χ4n) is 5.30. The molecule has 0 bridgehead atoms. The van der Waals surface area contributed by atoms with E-state index in [0.29, 0.717) is 23.4 Å². The Morgan fingerprint density at radius 2 is 1.97 bits per heavy atom. The van der Waals surface area contributed by atoms with E-state index >= 15 is 0 Å². The summed E-state index contributed by atoms with van der Waals surface area (Å²) >= 11 is 3.51. The molecule has 1 saturated carbocycles. The van der Waals surface area contributed by atoms with Gasteiger partial charge in [0.05, 0.1) is 24.0 Å². The second-order valence-corrected chi connectivity index (χ2v) is 10.3. The van der Waals surface area contributed by atoms with Crippen molar-refractivity contribution in [2.75, 3.05) is 29.9 Å². The van der Waals surface area contributed by atoms with Gasteiger partial charge in [0.25, 0.3) is 0 Å². The summed E-state index contributed by atoms with van der Waals surface area (Å²) in [7, 11) is 0. The number of aliphatic hydroxyl groups excluding tert-OH is 3. The maximum atomic E-state index is 10.5. The normalized spacial score (nSPS) is 26.7. The second-order valence-electron chi connectivity index (χ2n) is 9.36. The molecule has 0 radical (unpaired) electrons. The summed E-state index contributed by atoms with van der Waals surface area (Å²) in [5.41, 5.74) is 2.18. The number of benzene rings is 1. The lowest BCUT2D eigenvalue weighted by Crippen LogP contribution is -2.30. The highest BCUT2D eigenvalue weighted by atomic mass is 79.9. The van der Waals surface area contributed by atoms with Gasteiger partial charge < -0.3 is 30.1 Å². The molecule has 4 N–H and O–H groups in total. The summed E-state index contributed by atoms with van der Waals surface area (Å²) in [4.78, 5) is 20.5. The number of rotatable bonds is 5. The minimum Gasteiger partial charge on any atom is -0.396 e. The average Bonchev–Trinajstić information content (AvgIpc) is 3.58. The maximum absolute atomic E-state index is 10.5. The number of hydrogen-bond acceptors (Lipinski definition) is 9. The van der Waals surface area contributed by atoms with Crippen LogP contribution in [0, 0.1) is 5.92 Å². The molecular formula is C24H26BrN7O3. The van der Waals surface area contributed by atoms with Crippen LogP contribution in [0.4, 0.5) is 11.6 Å². The predicted octanol–water partition coefficient (Wildman–Crippen LogP) is 2.10. The molecule has 0 unspecified atom stereocenters. The van der Waals surface area contributed by atoms with Crippen LogP contribution >= 0.6 is 15.9 Å². The molecular weight excluding hydrogens is 514 g/mol. The zero-order chi connectivity index (χ0) is 24.1. The summed E-state index contributed by atoms with van der Waals surface area (Å²) in [6.07, 6.45) is 2.53. The maximum Gasteiger partial charge on any atom is 0.165 e. The number of pyridine rings is 1. The lowest BCUT2D eigenvalue weighted by atomic mass is 10.1. The lowest BCUT2D eigenvalue weighted by molar-refractivity contribution is -0.00370. The van der Waals surface area contributed by atoms with Crippen molar-refractivity contribution < 1.29 is 15.3 Å². The first-order valence-electron chi connectivity index (χ1n) is 11.7. The molecule has 182 valence electrons. The zero-order valence-electron chi connectivity index (χ0n) is 18.9. The van der Waals surface area contributed by atoms with E-state index in [2.05, 4.69) is 59.3 Å². The lowest BCUT2D eigenvalue weighted by Gasteiger charge is -2.19. The van der Waals surface area contributed by atoms with Gasteiger partial charge in [-0.3, -0.25) is 0 Å². The molecule has 1 aliphatic carbocycles. The first-order valence-corrected chi connectivity index (χ1v) is 12.5. The summed E-state index contributed by atoms with van der Waals surface area (Å²) < 4.78 is 2.82. The van der Waals surface area contributed by atoms with Crippen molar-refractivity contribution >= 4 is 49.6 Å². The van der Waals surface area contributed by atoms with Crippen LogP contribution in [0.5, 0.6) is 0 Å². The molecule has 4 aromatic rings. The highest BCUT2D eigenvalue weighted by molar-refractivity contribution is 9.10. The number of fused-ring (bicyclic) bond motifs is 2. The predicted molar refractivity (Wildman–Crippen MR) is 135 cm³/mol. The van der Waals surface area contributed by atoms with Crippen LogP contribution < -0.4 is 10.2 Å². The minimum absolute atomic E-state index is 0.165. The molecule has 2 aliphatic rings. The van der Waals surface area contributed by atoms with Crippen LogP contribution in [-0.4, -0.2) is 77.8 Å². The van der Waals surface area contributed by atoms with Crippen LogP contribution in [-0.2, 0) is 0 Å². The van der Waals surface area contributed by atoms with Crippen molar-refractivity contribution in [1.82, 2.24) is 24.5 Å². The highest BCUT2D eigenvalue weighted by Gasteiger charge is 2.42. The SMILES string of the molecule is OC[C@H]1C[C@@H](n2cnc3c(N[C@H]4CCN(c5ccc6cc(Br)ccc6n5)C4)ncnc32)[C@@H](O)[C@H]1O. The van der Waals surface area contributed by atoms with Gasteiger partial charge in [-0.15, -0.1) is 0 Å². The Morgan fingerprint density at radius 1 is 1.09 bits per heavy atom. The van der Waals surface area contributed by atoms with Gasteiger partial charge >= 0.3 is 0 Å². The number of halogens is 1. The molecule has 3 aromatic heterocycles. The Labute approximate surface area is 209 Å². The van der Waals surface area contributed by atoms with Crippen LogP contribution in [0.15, 0.2) is 47.5 Å². The summed E-state index contributed by atoms with van der Waals surface area (Å²) in [5.74, 6) is 1.22. The molecule has 1 aromatic carbocycles. The van der Waals surface area contributed by atoms with Crippen LogP contribution in [0.25, 0.3) is 22.1 Å². The standard InChI is InChI=1S/C24H26BrN7O3/c25-15-2-3-17-13(7-15)1-4-19(30-17)31-6-5-16(9-31)29-23-20-24(27-11-26-23)32(12-28-20)18-8-14(10-33)21(34)22(18)35/h1-4,7,11-12,14,16,18,21-22,33-35H,5-6,8-10H2,(H,26,27,29)/t14-,16+,18-,21+,22-/m1/s1. The number of hydrogen-bond donors (Lipinski definition) is 4. The fraction of sp³-hybridized carbons (Fsp3) is 0.417. The van der Waals surface area contributed by atoms with E-state index in [1.807, 2.05) is 12.1 Å². The molecule has 1 saturated heterocycles. The summed E-state index contributed by atoms with van der Waals surface area (Å²) in [5, 5.41) is 34.9. The van der Waals surface area contributed by atoms with E-state index < -0.39 is 18.2 Å². The number of anilines is 2. The molecule has 11 heteroatoms. The highest BCUT2D eigenvalue weighted by Crippen LogP contribution is 2.37. The van der Waals surface area contributed by atoms with Crippen molar-refractivity contribution in [3.63, 3.8) is 0 Å². The Balaban J connectivity index is 1.20. The number of nitrogens with zero attached hydrogens (tertiary/aromatic N) is 6. The quantitative estimate of drug-likeness (QED) is 0.301. The first kappa shape index (κ1) is 22.6. The molecule has 10 nitrogen and oxygen atoms in total. The van der Waals surface area contributed by atoms with Crippen LogP contribution in [0.3, 0.4) is 0 Å².